The van der Waals surface area contributed by atoms with E-state index in [0.29, 0.717) is 18.5 Å². The van der Waals surface area contributed by atoms with E-state index < -0.39 is 0 Å². The summed E-state index contributed by atoms with van der Waals surface area (Å²) in [4.78, 5) is 14.5. The number of nitrogens with one attached hydrogen (secondary N) is 2. The van der Waals surface area contributed by atoms with Gasteiger partial charge in [-0.25, -0.2) is 0 Å². The van der Waals surface area contributed by atoms with Gasteiger partial charge < -0.3 is 10.6 Å². The van der Waals surface area contributed by atoms with Gasteiger partial charge in [0.2, 0.25) is 5.91 Å². The lowest BCUT2D eigenvalue weighted by Crippen LogP contribution is -2.45. The first-order valence-corrected chi connectivity index (χ1v) is 8.76. The quantitative estimate of drug-likeness (QED) is 0.651. The standard InChI is InChI=1S/C17H35N3O/c1-5-11-20(12-16-7-6-10-18-16)13-17(21)19-15(4)9-8-14(2)3/h14-16,18H,5-13H2,1-4H3,(H,19,21). The Kier molecular flexibility index (Phi) is 8.93. The van der Waals surface area contributed by atoms with Gasteiger partial charge in [0, 0.05) is 18.6 Å². The predicted molar refractivity (Wildman–Crippen MR) is 89.4 cm³/mol. The minimum atomic E-state index is 0.178. The fourth-order valence-electron chi connectivity index (χ4n) is 2.95. The second kappa shape index (κ2) is 10.2. The number of hydrogen-bond acceptors (Lipinski definition) is 3. The lowest BCUT2D eigenvalue weighted by molar-refractivity contribution is -0.123. The van der Waals surface area contributed by atoms with E-state index in [9.17, 15) is 4.79 Å². The molecule has 1 heterocycles. The van der Waals surface area contributed by atoms with Gasteiger partial charge in [-0.3, -0.25) is 9.69 Å². The highest BCUT2D eigenvalue weighted by Gasteiger charge is 2.19. The van der Waals surface area contributed by atoms with Crippen LogP contribution < -0.4 is 10.6 Å². The molecule has 0 saturated carbocycles. The number of hydrogen-bond donors (Lipinski definition) is 2. The molecule has 1 fully saturated rings. The number of amides is 1. The van der Waals surface area contributed by atoms with Crippen molar-refractivity contribution >= 4 is 5.91 Å². The lowest BCUT2D eigenvalue weighted by Gasteiger charge is -2.25. The third-order valence-corrected chi connectivity index (χ3v) is 4.13. The van der Waals surface area contributed by atoms with E-state index in [1.165, 1.54) is 19.3 Å². The molecule has 21 heavy (non-hydrogen) atoms. The maximum Gasteiger partial charge on any atom is 0.234 e. The number of nitrogens with zero attached hydrogens (tertiary/aromatic N) is 1. The molecule has 0 aromatic heterocycles. The van der Waals surface area contributed by atoms with Crippen molar-refractivity contribution in [3.63, 3.8) is 0 Å². The fourth-order valence-corrected chi connectivity index (χ4v) is 2.95. The molecule has 0 aliphatic carbocycles. The molecule has 0 radical (unpaired) electrons. The van der Waals surface area contributed by atoms with Gasteiger partial charge in [0.05, 0.1) is 6.54 Å². The van der Waals surface area contributed by atoms with E-state index in [-0.39, 0.29) is 11.9 Å². The van der Waals surface area contributed by atoms with Crippen LogP contribution in [0.1, 0.15) is 59.8 Å². The fraction of sp³-hybridized carbons (Fsp3) is 0.941. The Labute approximate surface area is 131 Å². The van der Waals surface area contributed by atoms with Gasteiger partial charge in [-0.1, -0.05) is 20.8 Å². The van der Waals surface area contributed by atoms with E-state index in [1.54, 1.807) is 0 Å². The molecule has 0 aromatic rings. The molecule has 1 rings (SSSR count). The Hall–Kier alpha value is -0.610. The van der Waals surface area contributed by atoms with Gasteiger partial charge in [-0.2, -0.15) is 0 Å². The zero-order valence-electron chi connectivity index (χ0n) is 14.5. The minimum Gasteiger partial charge on any atom is -0.353 e. The molecule has 4 nitrogen and oxygen atoms in total. The summed E-state index contributed by atoms with van der Waals surface area (Å²) < 4.78 is 0. The van der Waals surface area contributed by atoms with Crippen LogP contribution in [0.15, 0.2) is 0 Å². The van der Waals surface area contributed by atoms with Crippen LogP contribution >= 0.6 is 0 Å². The number of carbonyl (C=O) groups excluding carboxylic acids is 1. The summed E-state index contributed by atoms with van der Waals surface area (Å²) in [6.45, 7) is 12.4. The lowest BCUT2D eigenvalue weighted by atomic mass is 10.0. The van der Waals surface area contributed by atoms with Crippen molar-refractivity contribution < 1.29 is 4.79 Å². The third kappa shape index (κ3) is 8.42. The van der Waals surface area contributed by atoms with Crippen LogP contribution in [0.25, 0.3) is 0 Å². The molecule has 4 heteroatoms. The molecule has 124 valence electrons. The topological polar surface area (TPSA) is 44.4 Å². The highest BCUT2D eigenvalue weighted by Crippen LogP contribution is 2.08. The van der Waals surface area contributed by atoms with Gasteiger partial charge in [-0.15, -0.1) is 0 Å². The van der Waals surface area contributed by atoms with Crippen LogP contribution in [0.5, 0.6) is 0 Å². The molecule has 0 bridgehead atoms. The summed E-state index contributed by atoms with van der Waals surface area (Å²) in [5.74, 6) is 0.882. The molecule has 2 atom stereocenters. The van der Waals surface area contributed by atoms with E-state index >= 15 is 0 Å². The van der Waals surface area contributed by atoms with Crippen molar-refractivity contribution in [3.05, 3.63) is 0 Å². The molecular formula is C17H35N3O. The van der Waals surface area contributed by atoms with E-state index in [4.69, 9.17) is 0 Å². The summed E-state index contributed by atoms with van der Waals surface area (Å²) in [5, 5.41) is 6.67. The van der Waals surface area contributed by atoms with Gasteiger partial charge in [-0.05, 0) is 58.0 Å². The van der Waals surface area contributed by atoms with Crippen molar-refractivity contribution in [1.29, 1.82) is 0 Å². The molecule has 0 aromatic carbocycles. The third-order valence-electron chi connectivity index (χ3n) is 4.13. The molecule has 1 aliphatic heterocycles. The second-order valence-corrected chi connectivity index (χ2v) is 6.97. The summed E-state index contributed by atoms with van der Waals surface area (Å²) in [5.41, 5.74) is 0. The molecular weight excluding hydrogens is 262 g/mol. The SMILES string of the molecule is CCCN(CC(=O)NC(C)CCC(C)C)CC1CCCN1. The summed E-state index contributed by atoms with van der Waals surface area (Å²) in [6, 6.07) is 0.857. The number of rotatable bonds is 10. The first kappa shape index (κ1) is 18.4. The normalized spacial score (nSPS) is 20.2. The Morgan fingerprint density at radius 1 is 1.33 bits per heavy atom. The monoisotopic (exact) mass is 297 g/mol. The average molecular weight is 297 g/mol. The molecule has 1 saturated heterocycles. The van der Waals surface area contributed by atoms with Crippen LogP contribution in [0, 0.1) is 5.92 Å². The Morgan fingerprint density at radius 2 is 2.10 bits per heavy atom. The second-order valence-electron chi connectivity index (χ2n) is 6.97. The van der Waals surface area contributed by atoms with E-state index in [2.05, 4.69) is 43.2 Å². The zero-order chi connectivity index (χ0) is 15.7. The summed E-state index contributed by atoms with van der Waals surface area (Å²) in [7, 11) is 0. The van der Waals surface area contributed by atoms with Crippen molar-refractivity contribution in [2.75, 3.05) is 26.2 Å². The van der Waals surface area contributed by atoms with Crippen molar-refractivity contribution in [2.24, 2.45) is 5.92 Å². The summed E-state index contributed by atoms with van der Waals surface area (Å²) >= 11 is 0. The van der Waals surface area contributed by atoms with Crippen molar-refractivity contribution in [1.82, 2.24) is 15.5 Å². The van der Waals surface area contributed by atoms with Gasteiger partial charge in [0.15, 0.2) is 0 Å². The van der Waals surface area contributed by atoms with Crippen LogP contribution in [-0.2, 0) is 4.79 Å². The molecule has 2 N–H and O–H groups in total. The first-order valence-electron chi connectivity index (χ1n) is 8.76. The first-order chi connectivity index (χ1) is 10.0. The Bertz CT molecular complexity index is 288. The van der Waals surface area contributed by atoms with E-state index in [0.717, 1.165) is 32.5 Å². The maximum absolute atomic E-state index is 12.2. The molecule has 2 unspecified atom stereocenters. The van der Waals surface area contributed by atoms with Crippen molar-refractivity contribution in [3.8, 4) is 0 Å². The maximum atomic E-state index is 12.2. The molecule has 1 aliphatic rings. The van der Waals surface area contributed by atoms with Gasteiger partial charge in [0.1, 0.15) is 0 Å². The largest absolute Gasteiger partial charge is 0.353 e. The van der Waals surface area contributed by atoms with Crippen LogP contribution in [0.2, 0.25) is 0 Å². The minimum absolute atomic E-state index is 0.178. The van der Waals surface area contributed by atoms with Gasteiger partial charge >= 0.3 is 0 Å². The Morgan fingerprint density at radius 3 is 2.67 bits per heavy atom. The van der Waals surface area contributed by atoms with Crippen LogP contribution in [-0.4, -0.2) is 49.1 Å². The number of carbonyl (C=O) groups is 1. The van der Waals surface area contributed by atoms with E-state index in [1.807, 2.05) is 0 Å². The molecule has 1 amide bonds. The highest BCUT2D eigenvalue weighted by atomic mass is 16.2. The average Bonchev–Trinajstić information content (AvgIpc) is 2.89. The van der Waals surface area contributed by atoms with Gasteiger partial charge in [0.25, 0.3) is 0 Å². The molecule has 0 spiro atoms. The van der Waals surface area contributed by atoms with Crippen LogP contribution in [0.4, 0.5) is 0 Å². The summed E-state index contributed by atoms with van der Waals surface area (Å²) in [6.07, 6.45) is 5.85. The smallest absolute Gasteiger partial charge is 0.234 e. The zero-order valence-corrected chi connectivity index (χ0v) is 14.5. The predicted octanol–water partition coefficient (Wildman–Crippen LogP) is 2.39. The van der Waals surface area contributed by atoms with Crippen molar-refractivity contribution in [2.45, 2.75) is 71.9 Å². The highest BCUT2D eigenvalue weighted by molar-refractivity contribution is 5.78. The Balaban J connectivity index is 2.29. The van der Waals surface area contributed by atoms with Crippen LogP contribution in [0.3, 0.4) is 0 Å².